The molecule has 0 aliphatic carbocycles. The molecule has 1 aliphatic rings. The minimum atomic E-state index is -4.96. The van der Waals surface area contributed by atoms with Crippen LogP contribution in [0, 0.1) is 0 Å². The molecule has 1 heterocycles. The molecule has 4 nitrogen and oxygen atoms in total. The first kappa shape index (κ1) is 18.6. The summed E-state index contributed by atoms with van der Waals surface area (Å²) in [6.45, 7) is 0. The summed E-state index contributed by atoms with van der Waals surface area (Å²) in [5.74, 6) is 0. The molecule has 0 amide bonds. The van der Waals surface area contributed by atoms with Crippen molar-refractivity contribution in [3.05, 3.63) is 65.2 Å². The molecule has 0 saturated heterocycles. The monoisotopic (exact) mass is 399 g/mol. The van der Waals surface area contributed by atoms with Gasteiger partial charge in [0.25, 0.3) is 5.72 Å². The van der Waals surface area contributed by atoms with Gasteiger partial charge in [-0.1, -0.05) is 41.9 Å². The van der Waals surface area contributed by atoms with E-state index in [0.717, 1.165) is 0 Å². The Morgan fingerprint density at radius 1 is 1.15 bits per heavy atom. The number of rotatable bonds is 2. The predicted molar refractivity (Wildman–Crippen MR) is 98.1 cm³/mol. The molecule has 26 heavy (non-hydrogen) atoms. The van der Waals surface area contributed by atoms with Crippen LogP contribution in [0.5, 0.6) is 0 Å². The number of nitrogens with one attached hydrogen (secondary N) is 1. The molecule has 0 bridgehead atoms. The topological polar surface area (TPSA) is 47.9 Å². The third-order valence-corrected chi connectivity index (χ3v) is 4.36. The van der Waals surface area contributed by atoms with Crippen LogP contribution < -0.4 is 5.32 Å². The van der Waals surface area contributed by atoms with E-state index in [1.54, 1.807) is 54.6 Å². The molecule has 2 N–H and O–H groups in total. The highest BCUT2D eigenvalue weighted by atomic mass is 35.5. The highest BCUT2D eigenvalue weighted by Gasteiger charge is 2.62. The van der Waals surface area contributed by atoms with Gasteiger partial charge >= 0.3 is 6.18 Å². The Morgan fingerprint density at radius 3 is 2.35 bits per heavy atom. The van der Waals surface area contributed by atoms with Crippen molar-refractivity contribution in [2.24, 2.45) is 5.10 Å². The van der Waals surface area contributed by atoms with Gasteiger partial charge in [-0.25, -0.2) is 0 Å². The Labute approximate surface area is 157 Å². The van der Waals surface area contributed by atoms with Crippen molar-refractivity contribution in [3.63, 3.8) is 0 Å². The number of halogens is 4. The summed E-state index contributed by atoms with van der Waals surface area (Å²) in [6, 6.07) is 14.6. The van der Waals surface area contributed by atoms with Crippen molar-refractivity contribution in [2.75, 3.05) is 5.32 Å². The predicted octanol–water partition coefficient (Wildman–Crippen LogP) is 4.40. The number of anilines is 1. The number of aliphatic hydroxyl groups is 1. The first-order valence-corrected chi connectivity index (χ1v) is 8.28. The lowest BCUT2D eigenvalue weighted by Crippen LogP contribution is -2.57. The number of hydrogen-bond donors (Lipinski definition) is 2. The standard InChI is InChI=1S/C17H13ClF3N3OS/c18-12-6-8-13(9-7-12)22-15(26)24-16(25,17(19,20)21)10-14(23-24)11-4-2-1-3-5-11/h1-9,25H,10H2,(H,22,26). The average molecular weight is 400 g/mol. The van der Waals surface area contributed by atoms with Crippen LogP contribution in [0.4, 0.5) is 18.9 Å². The zero-order valence-electron chi connectivity index (χ0n) is 13.2. The molecule has 2 aromatic rings. The summed E-state index contributed by atoms with van der Waals surface area (Å²) in [6.07, 6.45) is -5.69. The van der Waals surface area contributed by atoms with Gasteiger partial charge in [0, 0.05) is 10.7 Å². The normalized spacial score (nSPS) is 20.0. The second-order valence-corrected chi connectivity index (χ2v) is 6.48. The number of thiocarbonyl (C=S) groups is 1. The number of hydrazone groups is 1. The van der Waals surface area contributed by atoms with Crippen LogP contribution in [0.1, 0.15) is 12.0 Å². The van der Waals surface area contributed by atoms with E-state index in [-0.39, 0.29) is 10.8 Å². The third-order valence-electron chi connectivity index (χ3n) is 3.83. The van der Waals surface area contributed by atoms with Crippen LogP contribution >= 0.6 is 23.8 Å². The van der Waals surface area contributed by atoms with Crippen molar-refractivity contribution in [2.45, 2.75) is 18.3 Å². The molecule has 0 aromatic heterocycles. The van der Waals surface area contributed by atoms with Crippen LogP contribution in [-0.2, 0) is 0 Å². The van der Waals surface area contributed by atoms with E-state index in [2.05, 4.69) is 10.4 Å². The van der Waals surface area contributed by atoms with E-state index < -0.39 is 18.3 Å². The van der Waals surface area contributed by atoms with Crippen molar-refractivity contribution >= 4 is 40.3 Å². The Balaban J connectivity index is 1.93. The van der Waals surface area contributed by atoms with Gasteiger partial charge in [0.05, 0.1) is 12.1 Å². The minimum absolute atomic E-state index is 0.0886. The molecule has 1 atom stereocenters. The number of hydrogen-bond acceptors (Lipinski definition) is 3. The maximum Gasteiger partial charge on any atom is 0.438 e. The molecule has 0 saturated carbocycles. The van der Waals surface area contributed by atoms with Crippen molar-refractivity contribution in [1.29, 1.82) is 0 Å². The fraction of sp³-hybridized carbons (Fsp3) is 0.176. The van der Waals surface area contributed by atoms with Crippen LogP contribution in [0.25, 0.3) is 0 Å². The zero-order chi connectivity index (χ0) is 18.9. The Bertz CT molecular complexity index is 843. The minimum Gasteiger partial charge on any atom is -0.362 e. The second-order valence-electron chi connectivity index (χ2n) is 5.65. The Kier molecular flexibility index (Phi) is 4.92. The maximum absolute atomic E-state index is 13.6. The van der Waals surface area contributed by atoms with Gasteiger partial charge in [0.1, 0.15) is 0 Å². The molecule has 1 unspecified atom stereocenters. The van der Waals surface area contributed by atoms with Crippen LogP contribution in [0.15, 0.2) is 59.7 Å². The maximum atomic E-state index is 13.6. The van der Waals surface area contributed by atoms with Gasteiger partial charge in [-0.2, -0.15) is 23.3 Å². The van der Waals surface area contributed by atoms with E-state index in [1.807, 2.05) is 0 Å². The molecule has 0 radical (unpaired) electrons. The summed E-state index contributed by atoms with van der Waals surface area (Å²) in [7, 11) is 0. The first-order chi connectivity index (χ1) is 12.2. The summed E-state index contributed by atoms with van der Waals surface area (Å²) in [5, 5.41) is 17.4. The lowest BCUT2D eigenvalue weighted by atomic mass is 10.0. The molecule has 0 fully saturated rings. The van der Waals surface area contributed by atoms with E-state index in [0.29, 0.717) is 21.3 Å². The molecule has 136 valence electrons. The number of alkyl halides is 3. The lowest BCUT2D eigenvalue weighted by Gasteiger charge is -2.34. The summed E-state index contributed by atoms with van der Waals surface area (Å²) in [4.78, 5) is 0. The van der Waals surface area contributed by atoms with Gasteiger partial charge in [-0.15, -0.1) is 0 Å². The van der Waals surface area contributed by atoms with Crippen LogP contribution in [-0.4, -0.2) is 32.8 Å². The van der Waals surface area contributed by atoms with Crippen molar-refractivity contribution in [1.82, 2.24) is 5.01 Å². The van der Waals surface area contributed by atoms with Gasteiger partial charge < -0.3 is 10.4 Å². The highest BCUT2D eigenvalue weighted by Crippen LogP contribution is 2.41. The molecule has 1 aliphatic heterocycles. The zero-order valence-corrected chi connectivity index (χ0v) is 14.7. The smallest absolute Gasteiger partial charge is 0.362 e. The van der Waals surface area contributed by atoms with Crippen LogP contribution in [0.2, 0.25) is 5.02 Å². The van der Waals surface area contributed by atoms with E-state index in [9.17, 15) is 18.3 Å². The van der Waals surface area contributed by atoms with E-state index >= 15 is 0 Å². The van der Waals surface area contributed by atoms with Crippen LogP contribution in [0.3, 0.4) is 0 Å². The molecular weight excluding hydrogens is 387 g/mol. The molecule has 9 heteroatoms. The van der Waals surface area contributed by atoms with Gasteiger partial charge in [0.2, 0.25) is 0 Å². The Morgan fingerprint density at radius 2 is 1.77 bits per heavy atom. The lowest BCUT2D eigenvalue weighted by molar-refractivity contribution is -0.294. The van der Waals surface area contributed by atoms with E-state index in [4.69, 9.17) is 23.8 Å². The first-order valence-electron chi connectivity index (χ1n) is 7.49. The average Bonchev–Trinajstić information content (AvgIpc) is 2.97. The molecule has 2 aromatic carbocycles. The molecule has 0 spiro atoms. The quantitative estimate of drug-likeness (QED) is 0.735. The second kappa shape index (κ2) is 6.86. The largest absolute Gasteiger partial charge is 0.438 e. The van der Waals surface area contributed by atoms with Gasteiger partial charge in [-0.05, 0) is 42.0 Å². The third kappa shape index (κ3) is 3.53. The number of nitrogens with zero attached hydrogens (tertiary/aromatic N) is 2. The van der Waals surface area contributed by atoms with E-state index in [1.165, 1.54) is 0 Å². The SMILES string of the molecule is OC1(C(F)(F)F)CC(c2ccccc2)=NN1C(=S)Nc1ccc(Cl)cc1. The summed E-state index contributed by atoms with van der Waals surface area (Å²) >= 11 is 10.8. The fourth-order valence-corrected chi connectivity index (χ4v) is 2.92. The van der Waals surface area contributed by atoms with Crippen molar-refractivity contribution in [3.8, 4) is 0 Å². The fourth-order valence-electron chi connectivity index (χ4n) is 2.48. The number of benzene rings is 2. The summed E-state index contributed by atoms with van der Waals surface area (Å²) in [5.41, 5.74) is -2.24. The van der Waals surface area contributed by atoms with Crippen molar-refractivity contribution < 1.29 is 18.3 Å². The Hall–Kier alpha value is -2.16. The highest BCUT2D eigenvalue weighted by molar-refractivity contribution is 7.80. The van der Waals surface area contributed by atoms with Gasteiger partial charge in [0.15, 0.2) is 5.11 Å². The summed E-state index contributed by atoms with van der Waals surface area (Å²) < 4.78 is 40.7. The molecule has 3 rings (SSSR count). The molecular formula is C17H13ClF3N3OS. The van der Waals surface area contributed by atoms with Gasteiger partial charge in [-0.3, -0.25) is 0 Å².